The Balaban J connectivity index is 1.76. The third-order valence-corrected chi connectivity index (χ3v) is 5.30. The molecule has 6 nitrogen and oxygen atoms in total. The molecule has 0 spiro atoms. The van der Waals surface area contributed by atoms with Crippen LogP contribution in [0.2, 0.25) is 0 Å². The number of nitrogens with one attached hydrogen (secondary N) is 2. The Bertz CT molecular complexity index is 1150. The lowest BCUT2D eigenvalue weighted by Crippen LogP contribution is -2.21. The van der Waals surface area contributed by atoms with E-state index >= 15 is 0 Å². The smallest absolute Gasteiger partial charge is 0.273 e. The molecule has 0 aromatic heterocycles. The van der Waals surface area contributed by atoms with Gasteiger partial charge in [0.2, 0.25) is 0 Å². The summed E-state index contributed by atoms with van der Waals surface area (Å²) in [5.74, 6) is -0.802. The van der Waals surface area contributed by atoms with Gasteiger partial charge in [-0.25, -0.2) is 5.43 Å². The van der Waals surface area contributed by atoms with E-state index in [4.69, 9.17) is 0 Å². The van der Waals surface area contributed by atoms with E-state index < -0.39 is 5.91 Å². The van der Waals surface area contributed by atoms with Crippen LogP contribution in [-0.4, -0.2) is 23.1 Å². The van der Waals surface area contributed by atoms with Gasteiger partial charge in [-0.3, -0.25) is 9.59 Å². The Morgan fingerprint density at radius 1 is 0.967 bits per heavy atom. The number of aromatic hydroxyl groups is 1. The van der Waals surface area contributed by atoms with Crippen LogP contribution in [-0.2, 0) is 0 Å². The summed E-state index contributed by atoms with van der Waals surface area (Å²) in [6.45, 7) is 1.85. The summed E-state index contributed by atoms with van der Waals surface area (Å²) in [4.78, 5) is 25.2. The molecule has 3 N–H and O–H groups in total. The first-order chi connectivity index (χ1) is 14.4. The molecule has 3 aromatic carbocycles. The molecule has 0 aliphatic rings. The summed E-state index contributed by atoms with van der Waals surface area (Å²) in [6, 6.07) is 17.2. The van der Waals surface area contributed by atoms with E-state index in [0.29, 0.717) is 21.3 Å². The first-order valence-electron chi connectivity index (χ1n) is 8.84. The molecule has 0 aliphatic heterocycles. The van der Waals surface area contributed by atoms with Crippen molar-refractivity contribution >= 4 is 55.6 Å². The maximum Gasteiger partial charge on any atom is 0.273 e. The second-order valence-electron chi connectivity index (χ2n) is 6.34. The highest BCUT2D eigenvalue weighted by Gasteiger charge is 2.15. The van der Waals surface area contributed by atoms with Crippen molar-refractivity contribution in [3.05, 3.63) is 91.9 Å². The molecule has 0 fully saturated rings. The highest BCUT2D eigenvalue weighted by molar-refractivity contribution is 9.11. The number of carbonyl (C=O) groups is 2. The van der Waals surface area contributed by atoms with Crippen molar-refractivity contribution in [3.63, 3.8) is 0 Å². The summed E-state index contributed by atoms with van der Waals surface area (Å²) in [6.07, 6.45) is 1.33. The number of phenolic OH excluding ortho intramolecular Hbond substituents is 1. The van der Waals surface area contributed by atoms with Crippen LogP contribution in [0, 0.1) is 6.92 Å². The van der Waals surface area contributed by atoms with Gasteiger partial charge in [-0.05, 0) is 58.7 Å². The highest BCUT2D eigenvalue weighted by Crippen LogP contribution is 2.30. The van der Waals surface area contributed by atoms with E-state index in [0.717, 1.165) is 10.0 Å². The van der Waals surface area contributed by atoms with E-state index in [-0.39, 0.29) is 17.2 Å². The zero-order chi connectivity index (χ0) is 21.7. The van der Waals surface area contributed by atoms with Crippen molar-refractivity contribution < 1.29 is 14.7 Å². The maximum atomic E-state index is 12.6. The average molecular weight is 531 g/mol. The van der Waals surface area contributed by atoms with E-state index in [1.54, 1.807) is 48.5 Å². The Morgan fingerprint density at radius 2 is 1.63 bits per heavy atom. The molecule has 152 valence electrons. The molecule has 0 unspecified atom stereocenters. The van der Waals surface area contributed by atoms with Crippen molar-refractivity contribution in [2.75, 3.05) is 5.32 Å². The molecular weight excluding hydrogens is 514 g/mol. The molecule has 0 saturated carbocycles. The van der Waals surface area contributed by atoms with Crippen LogP contribution < -0.4 is 10.7 Å². The molecule has 0 radical (unpaired) electrons. The first kappa shape index (κ1) is 21.7. The number of rotatable bonds is 5. The Kier molecular flexibility index (Phi) is 7.02. The number of phenols is 1. The number of nitrogens with zero attached hydrogens (tertiary/aromatic N) is 1. The third-order valence-electron chi connectivity index (χ3n) is 4.24. The molecule has 3 aromatic rings. The lowest BCUT2D eigenvalue weighted by molar-refractivity contribution is 0.0956. The lowest BCUT2D eigenvalue weighted by atomic mass is 10.1. The molecule has 8 heteroatoms. The molecule has 0 heterocycles. The molecule has 3 rings (SSSR count). The second kappa shape index (κ2) is 9.69. The van der Waals surface area contributed by atoms with Gasteiger partial charge in [0, 0.05) is 15.6 Å². The van der Waals surface area contributed by atoms with Crippen molar-refractivity contribution in [2.24, 2.45) is 5.10 Å². The first-order valence-corrected chi connectivity index (χ1v) is 10.4. The van der Waals surface area contributed by atoms with E-state index in [9.17, 15) is 14.7 Å². The Labute approximate surface area is 190 Å². The van der Waals surface area contributed by atoms with Gasteiger partial charge in [-0.15, -0.1) is 0 Å². The van der Waals surface area contributed by atoms with Crippen molar-refractivity contribution in [1.29, 1.82) is 0 Å². The molecule has 0 aliphatic carbocycles. The van der Waals surface area contributed by atoms with Gasteiger partial charge in [-0.2, -0.15) is 5.10 Å². The summed E-state index contributed by atoms with van der Waals surface area (Å²) in [5.41, 5.74) is 4.82. The summed E-state index contributed by atoms with van der Waals surface area (Å²) in [7, 11) is 0. The fourth-order valence-electron chi connectivity index (χ4n) is 2.71. The van der Waals surface area contributed by atoms with Crippen LogP contribution in [0.5, 0.6) is 5.75 Å². The number of amides is 2. The number of anilines is 1. The normalized spacial score (nSPS) is 10.8. The number of hydrazone groups is 1. The average Bonchev–Trinajstić information content (AvgIpc) is 2.72. The number of carbonyl (C=O) groups excluding carboxylic acids is 2. The predicted octanol–water partition coefficient (Wildman–Crippen LogP) is 5.24. The monoisotopic (exact) mass is 529 g/mol. The molecular formula is C22H17Br2N3O3. The fraction of sp³-hybridized carbons (Fsp3) is 0.0455. The number of para-hydroxylation sites is 1. The van der Waals surface area contributed by atoms with E-state index in [1.807, 2.05) is 19.1 Å². The number of benzene rings is 3. The van der Waals surface area contributed by atoms with E-state index in [1.165, 1.54) is 6.21 Å². The number of hydrogen-bond donors (Lipinski definition) is 3. The van der Waals surface area contributed by atoms with Crippen molar-refractivity contribution in [3.8, 4) is 5.75 Å². The third kappa shape index (κ3) is 5.14. The molecule has 0 bridgehead atoms. The summed E-state index contributed by atoms with van der Waals surface area (Å²) in [5, 5.41) is 16.8. The maximum absolute atomic E-state index is 12.6. The van der Waals surface area contributed by atoms with Crippen LogP contribution in [0.3, 0.4) is 0 Å². The second-order valence-corrected chi connectivity index (χ2v) is 8.11. The van der Waals surface area contributed by atoms with Gasteiger partial charge >= 0.3 is 0 Å². The van der Waals surface area contributed by atoms with Gasteiger partial charge < -0.3 is 10.4 Å². The Morgan fingerprint density at radius 3 is 2.37 bits per heavy atom. The van der Waals surface area contributed by atoms with Gasteiger partial charge in [-0.1, -0.05) is 46.3 Å². The van der Waals surface area contributed by atoms with Crippen LogP contribution in [0.25, 0.3) is 0 Å². The highest BCUT2D eigenvalue weighted by atomic mass is 79.9. The van der Waals surface area contributed by atoms with Gasteiger partial charge in [0.1, 0.15) is 5.75 Å². The van der Waals surface area contributed by atoms with Gasteiger partial charge in [0.25, 0.3) is 11.8 Å². The minimum Gasteiger partial charge on any atom is -0.506 e. The van der Waals surface area contributed by atoms with Gasteiger partial charge in [0.15, 0.2) is 0 Å². The van der Waals surface area contributed by atoms with Crippen LogP contribution in [0.1, 0.15) is 31.8 Å². The number of hydrogen-bond acceptors (Lipinski definition) is 4. The Hall–Kier alpha value is -2.97. The topological polar surface area (TPSA) is 90.8 Å². The van der Waals surface area contributed by atoms with Crippen molar-refractivity contribution in [2.45, 2.75) is 6.92 Å². The van der Waals surface area contributed by atoms with E-state index in [2.05, 4.69) is 47.7 Å². The molecule has 0 atom stereocenters. The summed E-state index contributed by atoms with van der Waals surface area (Å²) >= 11 is 6.57. The van der Waals surface area contributed by atoms with Crippen LogP contribution >= 0.6 is 31.9 Å². The number of aryl methyl sites for hydroxylation is 1. The number of halogens is 2. The molecule has 30 heavy (non-hydrogen) atoms. The zero-order valence-electron chi connectivity index (χ0n) is 15.8. The quantitative estimate of drug-likeness (QED) is 0.311. The largest absolute Gasteiger partial charge is 0.506 e. The zero-order valence-corrected chi connectivity index (χ0v) is 19.0. The lowest BCUT2D eigenvalue weighted by Gasteiger charge is -2.11. The summed E-state index contributed by atoms with van der Waals surface area (Å²) < 4.78 is 1.23. The fourth-order valence-corrected chi connectivity index (χ4v) is 3.97. The van der Waals surface area contributed by atoms with Gasteiger partial charge in [0.05, 0.1) is 21.9 Å². The SMILES string of the molecule is Cc1ccccc1C(=O)Nc1ccccc1C(=O)N/N=C/c1cc(Br)cc(Br)c1O. The predicted molar refractivity (Wildman–Crippen MR) is 124 cm³/mol. The van der Waals surface area contributed by atoms with Crippen LogP contribution in [0.15, 0.2) is 74.7 Å². The molecule has 2 amide bonds. The standard InChI is InChI=1S/C22H17Br2N3O3/c1-13-6-2-3-7-16(13)21(29)26-19-9-5-4-8-17(19)22(30)27-25-12-14-10-15(23)11-18(24)20(14)28/h2-12,28H,1H3,(H,26,29)(H,27,30)/b25-12+. The molecule has 0 saturated heterocycles. The van der Waals surface area contributed by atoms with Crippen LogP contribution in [0.4, 0.5) is 5.69 Å². The minimum atomic E-state index is -0.500. The van der Waals surface area contributed by atoms with Crippen molar-refractivity contribution in [1.82, 2.24) is 5.43 Å². The minimum absolute atomic E-state index is 0.00194.